The van der Waals surface area contributed by atoms with Gasteiger partial charge >= 0.3 is 0 Å². The molecule has 0 amide bonds. The second-order valence-electron chi connectivity index (χ2n) is 4.64. The van der Waals surface area contributed by atoms with Crippen LogP contribution in [0.1, 0.15) is 11.3 Å². The summed E-state index contributed by atoms with van der Waals surface area (Å²) < 4.78 is 25.9. The fourth-order valence-electron chi connectivity index (χ4n) is 2.01. The van der Waals surface area contributed by atoms with E-state index in [0.29, 0.717) is 25.3 Å². The number of halogens is 1. The number of aromatic nitrogens is 2. The molecule has 114 valence electrons. The van der Waals surface area contributed by atoms with E-state index >= 15 is 0 Å². The molecule has 5 nitrogen and oxygen atoms in total. The van der Waals surface area contributed by atoms with Crippen molar-refractivity contribution in [2.75, 3.05) is 27.4 Å². The number of imidazole rings is 1. The van der Waals surface area contributed by atoms with Crippen LogP contribution < -0.4 is 10.1 Å². The third-order valence-corrected chi connectivity index (χ3v) is 3.09. The van der Waals surface area contributed by atoms with Crippen molar-refractivity contribution in [3.63, 3.8) is 0 Å². The van der Waals surface area contributed by atoms with Crippen LogP contribution in [0, 0.1) is 5.82 Å². The first-order chi connectivity index (χ1) is 10.2. The second kappa shape index (κ2) is 7.75. The molecule has 1 aromatic carbocycles. The highest BCUT2D eigenvalue weighted by Gasteiger charge is 2.09. The molecule has 0 unspecified atom stereocenters. The molecule has 1 heterocycles. The molecule has 6 heteroatoms. The minimum atomic E-state index is -0.325. The molecule has 0 saturated carbocycles. The summed E-state index contributed by atoms with van der Waals surface area (Å²) in [5, 5.41) is 3.21. The van der Waals surface area contributed by atoms with E-state index in [0.717, 1.165) is 12.2 Å². The second-order valence-corrected chi connectivity index (χ2v) is 4.64. The van der Waals surface area contributed by atoms with Gasteiger partial charge in [0.2, 0.25) is 0 Å². The summed E-state index contributed by atoms with van der Waals surface area (Å²) >= 11 is 0. The average Bonchev–Trinajstić information content (AvgIpc) is 2.93. The number of benzene rings is 1. The lowest BCUT2D eigenvalue weighted by atomic mass is 10.2. The van der Waals surface area contributed by atoms with Crippen LogP contribution in [0.3, 0.4) is 0 Å². The van der Waals surface area contributed by atoms with Crippen molar-refractivity contribution in [2.24, 2.45) is 0 Å². The van der Waals surface area contributed by atoms with E-state index in [9.17, 15) is 4.39 Å². The van der Waals surface area contributed by atoms with Crippen molar-refractivity contribution in [2.45, 2.75) is 13.1 Å². The van der Waals surface area contributed by atoms with E-state index in [4.69, 9.17) is 9.47 Å². The number of methoxy groups -OCH3 is 2. The maximum absolute atomic E-state index is 14.1. The van der Waals surface area contributed by atoms with Gasteiger partial charge in [-0.25, -0.2) is 9.37 Å². The Morgan fingerprint density at radius 2 is 2.19 bits per heavy atom. The van der Waals surface area contributed by atoms with Crippen molar-refractivity contribution in [1.29, 1.82) is 0 Å². The molecule has 0 aliphatic rings. The van der Waals surface area contributed by atoms with Crippen molar-refractivity contribution in [3.05, 3.63) is 47.8 Å². The van der Waals surface area contributed by atoms with E-state index in [2.05, 4.69) is 10.3 Å². The van der Waals surface area contributed by atoms with Gasteiger partial charge in [0.25, 0.3) is 0 Å². The van der Waals surface area contributed by atoms with Crippen LogP contribution in [0.5, 0.6) is 5.75 Å². The van der Waals surface area contributed by atoms with Crippen LogP contribution in [0.4, 0.5) is 4.39 Å². The smallest absolute Gasteiger partial charge is 0.170 e. The maximum atomic E-state index is 14.1. The van der Waals surface area contributed by atoms with Gasteiger partial charge in [0.1, 0.15) is 0 Å². The predicted octanol–water partition coefficient (Wildman–Crippen LogP) is 1.82. The molecule has 2 rings (SSSR count). The number of nitrogens with one attached hydrogen (secondary N) is 1. The van der Waals surface area contributed by atoms with Crippen molar-refractivity contribution in [3.8, 4) is 5.75 Å². The normalized spacial score (nSPS) is 10.8. The fraction of sp³-hybridized carbons (Fsp3) is 0.400. The van der Waals surface area contributed by atoms with E-state index in [1.165, 1.54) is 7.11 Å². The average molecular weight is 293 g/mol. The molecule has 1 N–H and O–H groups in total. The van der Waals surface area contributed by atoms with Crippen LogP contribution in [0.15, 0.2) is 30.7 Å². The highest BCUT2D eigenvalue weighted by molar-refractivity contribution is 5.31. The summed E-state index contributed by atoms with van der Waals surface area (Å²) in [4.78, 5) is 4.29. The highest BCUT2D eigenvalue weighted by atomic mass is 19.1. The third-order valence-electron chi connectivity index (χ3n) is 3.09. The van der Waals surface area contributed by atoms with Crippen molar-refractivity contribution in [1.82, 2.24) is 14.9 Å². The summed E-state index contributed by atoms with van der Waals surface area (Å²) in [7, 11) is 3.13. The molecule has 0 aliphatic carbocycles. The Hall–Kier alpha value is -1.92. The molecule has 0 bridgehead atoms. The van der Waals surface area contributed by atoms with Crippen LogP contribution in [0.25, 0.3) is 0 Å². The number of nitrogens with zero attached hydrogens (tertiary/aromatic N) is 2. The number of hydrogen-bond acceptors (Lipinski definition) is 4. The lowest BCUT2D eigenvalue weighted by Crippen LogP contribution is -2.18. The molecule has 1 aromatic heterocycles. The van der Waals surface area contributed by atoms with E-state index in [-0.39, 0.29) is 11.6 Å². The molecule has 0 atom stereocenters. The van der Waals surface area contributed by atoms with Crippen LogP contribution in [-0.4, -0.2) is 36.9 Å². The molecule has 2 aromatic rings. The maximum Gasteiger partial charge on any atom is 0.170 e. The Labute approximate surface area is 123 Å². The summed E-state index contributed by atoms with van der Waals surface area (Å²) in [5.74, 6) is -0.0671. The van der Waals surface area contributed by atoms with Crippen molar-refractivity contribution >= 4 is 0 Å². The van der Waals surface area contributed by atoms with Crippen molar-refractivity contribution < 1.29 is 13.9 Å². The molecular weight excluding hydrogens is 273 g/mol. The Kier molecular flexibility index (Phi) is 5.71. The van der Waals surface area contributed by atoms with Gasteiger partial charge < -0.3 is 19.4 Å². The Balaban J connectivity index is 1.96. The van der Waals surface area contributed by atoms with Gasteiger partial charge in [-0.2, -0.15) is 0 Å². The quantitative estimate of drug-likeness (QED) is 0.754. The summed E-state index contributed by atoms with van der Waals surface area (Å²) in [6, 6.07) is 5.13. The van der Waals surface area contributed by atoms with E-state index in [1.54, 1.807) is 31.6 Å². The fourth-order valence-corrected chi connectivity index (χ4v) is 2.01. The van der Waals surface area contributed by atoms with Gasteiger partial charge in [-0.05, 0) is 6.07 Å². The molecule has 0 fully saturated rings. The number of hydrogen-bond donors (Lipinski definition) is 1. The molecular formula is C15H20FN3O2. The van der Waals surface area contributed by atoms with Gasteiger partial charge in [0, 0.05) is 32.0 Å². The minimum absolute atomic E-state index is 0.258. The highest BCUT2D eigenvalue weighted by Crippen LogP contribution is 2.20. The topological polar surface area (TPSA) is 48.3 Å². The van der Waals surface area contributed by atoms with Gasteiger partial charge in [-0.1, -0.05) is 12.1 Å². The first kappa shape index (κ1) is 15.5. The molecule has 21 heavy (non-hydrogen) atoms. The number of ether oxygens (including phenoxy) is 2. The zero-order valence-electron chi connectivity index (χ0n) is 12.3. The summed E-state index contributed by atoms with van der Waals surface area (Å²) in [6.07, 6.45) is 3.60. The van der Waals surface area contributed by atoms with Gasteiger partial charge in [-0.15, -0.1) is 0 Å². The zero-order chi connectivity index (χ0) is 15.1. The predicted molar refractivity (Wildman–Crippen MR) is 77.9 cm³/mol. The minimum Gasteiger partial charge on any atom is -0.494 e. The standard InChI is InChI=1S/C15H20FN3O2/c1-20-7-6-17-8-13-10-19(11-18-13)9-12-4-3-5-14(21-2)15(12)16/h3-5,10-11,17H,6-9H2,1-2H3. The Morgan fingerprint density at radius 3 is 2.95 bits per heavy atom. The largest absolute Gasteiger partial charge is 0.494 e. The lowest BCUT2D eigenvalue weighted by Gasteiger charge is -2.07. The van der Waals surface area contributed by atoms with Gasteiger partial charge in [0.05, 0.1) is 32.3 Å². The SMILES string of the molecule is COCCNCc1cn(Cc2cccc(OC)c2F)cn1. The first-order valence-corrected chi connectivity index (χ1v) is 6.76. The lowest BCUT2D eigenvalue weighted by molar-refractivity contribution is 0.199. The first-order valence-electron chi connectivity index (χ1n) is 6.76. The monoisotopic (exact) mass is 293 g/mol. The molecule has 0 spiro atoms. The third kappa shape index (κ3) is 4.27. The summed E-state index contributed by atoms with van der Waals surface area (Å²) in [6.45, 7) is 2.52. The summed E-state index contributed by atoms with van der Waals surface area (Å²) in [5.41, 5.74) is 1.49. The zero-order valence-corrected chi connectivity index (χ0v) is 12.3. The van der Waals surface area contributed by atoms with Crippen LogP contribution >= 0.6 is 0 Å². The van der Waals surface area contributed by atoms with Crippen LogP contribution in [-0.2, 0) is 17.8 Å². The molecule has 0 radical (unpaired) electrons. The molecule has 0 saturated heterocycles. The van der Waals surface area contributed by atoms with Crippen LogP contribution in [0.2, 0.25) is 0 Å². The van der Waals surface area contributed by atoms with E-state index < -0.39 is 0 Å². The van der Waals surface area contributed by atoms with Gasteiger partial charge in [-0.3, -0.25) is 0 Å². The van der Waals surface area contributed by atoms with Gasteiger partial charge in [0.15, 0.2) is 11.6 Å². The van der Waals surface area contributed by atoms with E-state index in [1.807, 2.05) is 10.8 Å². The number of rotatable bonds is 8. The molecule has 0 aliphatic heterocycles. The Morgan fingerprint density at radius 1 is 1.33 bits per heavy atom. The Bertz CT molecular complexity index is 572.